The number of nitrogens with zero attached hydrogens (tertiary/aromatic N) is 4. The zero-order chi connectivity index (χ0) is 23.8. The Morgan fingerprint density at radius 2 is 2.21 bits per heavy atom. The number of fused-ring (bicyclic) bond motifs is 1. The number of rotatable bonds is 6. The molecule has 0 aliphatic carbocycles. The van der Waals surface area contributed by atoms with Gasteiger partial charge in [-0.05, 0) is 56.0 Å². The molecule has 0 radical (unpaired) electrons. The summed E-state index contributed by atoms with van der Waals surface area (Å²) >= 11 is 0. The lowest BCUT2D eigenvalue weighted by Crippen LogP contribution is -2.43. The lowest BCUT2D eigenvalue weighted by Gasteiger charge is -2.21. The molecule has 0 bridgehead atoms. The van der Waals surface area contributed by atoms with E-state index in [0.717, 1.165) is 17.4 Å². The van der Waals surface area contributed by atoms with Crippen LogP contribution in [0, 0.1) is 19.7 Å². The smallest absolute Gasteiger partial charge is 0.239 e. The van der Waals surface area contributed by atoms with Gasteiger partial charge < -0.3 is 24.9 Å². The maximum absolute atomic E-state index is 14.8. The van der Waals surface area contributed by atoms with E-state index in [-0.39, 0.29) is 24.0 Å². The highest BCUT2D eigenvalue weighted by atomic mass is 19.1. The van der Waals surface area contributed by atoms with Gasteiger partial charge in [0.25, 0.3) is 0 Å². The van der Waals surface area contributed by atoms with Gasteiger partial charge in [-0.3, -0.25) is 4.79 Å². The molecule has 4 heterocycles. The standard InChI is InChI=1S/C24H25FN6O3/c1-13-11-28-22-21(13)20(5-7-27-22)33-19-4-3-15(9-17(19)25)10-18(26)24(32)31-8-6-16(12-31)23-29-14(2)30-34-23/h3-5,7,9,11,16,18H,6,8,10,12,26H2,1-2H3,(H,27,28)/t16?,18-/m0/s1. The van der Waals surface area contributed by atoms with Crippen LogP contribution in [0.1, 0.15) is 35.2 Å². The summed E-state index contributed by atoms with van der Waals surface area (Å²) in [5, 5.41) is 4.62. The Bertz CT molecular complexity index is 1350. The van der Waals surface area contributed by atoms with Crippen molar-refractivity contribution in [1.82, 2.24) is 25.0 Å². The fourth-order valence-electron chi connectivity index (χ4n) is 4.36. The summed E-state index contributed by atoms with van der Waals surface area (Å²) in [4.78, 5) is 26.1. The number of likely N-dealkylation sites (tertiary alicyclic amines) is 1. The Morgan fingerprint density at radius 3 is 2.97 bits per heavy atom. The summed E-state index contributed by atoms with van der Waals surface area (Å²) in [5.74, 6) is 1.03. The molecule has 176 valence electrons. The number of hydrogen-bond acceptors (Lipinski definition) is 7. The molecule has 5 rings (SSSR count). The van der Waals surface area contributed by atoms with E-state index in [4.69, 9.17) is 15.0 Å². The number of nitrogens with one attached hydrogen (secondary N) is 1. The fourth-order valence-corrected chi connectivity index (χ4v) is 4.36. The minimum Gasteiger partial charge on any atom is -0.453 e. The van der Waals surface area contributed by atoms with Crippen LogP contribution in [-0.2, 0) is 11.2 Å². The number of ether oxygens (including phenoxy) is 1. The topological polar surface area (TPSA) is 123 Å². The van der Waals surface area contributed by atoms with Gasteiger partial charge >= 0.3 is 0 Å². The molecule has 1 saturated heterocycles. The van der Waals surface area contributed by atoms with Crippen LogP contribution in [0.2, 0.25) is 0 Å². The summed E-state index contributed by atoms with van der Waals surface area (Å²) in [7, 11) is 0. The molecule has 1 fully saturated rings. The van der Waals surface area contributed by atoms with Crippen molar-refractivity contribution in [3.8, 4) is 11.5 Å². The third-order valence-corrected chi connectivity index (χ3v) is 6.11. The number of carbonyl (C=O) groups is 1. The average molecular weight is 465 g/mol. The van der Waals surface area contributed by atoms with Gasteiger partial charge in [0.1, 0.15) is 11.4 Å². The highest BCUT2D eigenvalue weighted by molar-refractivity contribution is 5.86. The van der Waals surface area contributed by atoms with Gasteiger partial charge in [0.05, 0.1) is 17.3 Å². The Labute approximate surface area is 195 Å². The minimum atomic E-state index is -0.781. The van der Waals surface area contributed by atoms with E-state index in [0.29, 0.717) is 41.8 Å². The molecule has 3 aromatic heterocycles. The normalized spacial score (nSPS) is 16.8. The second-order valence-electron chi connectivity index (χ2n) is 8.63. The van der Waals surface area contributed by atoms with Crippen LogP contribution in [0.3, 0.4) is 0 Å². The molecule has 1 amide bonds. The van der Waals surface area contributed by atoms with E-state index in [1.165, 1.54) is 6.07 Å². The van der Waals surface area contributed by atoms with E-state index in [9.17, 15) is 9.18 Å². The maximum Gasteiger partial charge on any atom is 0.239 e. The zero-order valence-corrected chi connectivity index (χ0v) is 18.9. The summed E-state index contributed by atoms with van der Waals surface area (Å²) in [6, 6.07) is 5.56. The molecular weight excluding hydrogens is 439 g/mol. The van der Waals surface area contributed by atoms with Gasteiger partial charge in [0.15, 0.2) is 17.4 Å². The summed E-state index contributed by atoms with van der Waals surface area (Å²) in [5.41, 5.74) is 8.44. The van der Waals surface area contributed by atoms with Crippen molar-refractivity contribution in [2.75, 3.05) is 13.1 Å². The number of hydrogen-bond donors (Lipinski definition) is 2. The SMILES string of the molecule is Cc1noc(C2CCN(C(=O)[C@@H](N)Cc3ccc(Oc4ccnc5[nH]cc(C)c45)c(F)c3)C2)n1. The first-order valence-corrected chi connectivity index (χ1v) is 11.1. The molecule has 2 atom stereocenters. The fraction of sp³-hybridized carbons (Fsp3) is 0.333. The average Bonchev–Trinajstić information content (AvgIpc) is 3.56. The molecule has 3 N–H and O–H groups in total. The predicted molar refractivity (Wildman–Crippen MR) is 122 cm³/mol. The third-order valence-electron chi connectivity index (χ3n) is 6.11. The van der Waals surface area contributed by atoms with Crippen LogP contribution in [0.25, 0.3) is 11.0 Å². The van der Waals surface area contributed by atoms with Crippen LogP contribution in [0.5, 0.6) is 11.5 Å². The van der Waals surface area contributed by atoms with Crippen molar-refractivity contribution < 1.29 is 18.4 Å². The van der Waals surface area contributed by atoms with E-state index in [1.54, 1.807) is 36.2 Å². The molecular formula is C24H25FN6O3. The Hall–Kier alpha value is -3.79. The van der Waals surface area contributed by atoms with Crippen molar-refractivity contribution >= 4 is 16.9 Å². The number of H-pyrrole nitrogens is 1. The van der Waals surface area contributed by atoms with Crippen molar-refractivity contribution in [2.24, 2.45) is 5.73 Å². The molecule has 1 unspecified atom stereocenters. The van der Waals surface area contributed by atoms with Gasteiger partial charge in [-0.15, -0.1) is 0 Å². The van der Waals surface area contributed by atoms with Crippen molar-refractivity contribution in [3.63, 3.8) is 0 Å². The molecule has 4 aromatic rings. The minimum absolute atomic E-state index is 0.00884. The zero-order valence-electron chi connectivity index (χ0n) is 18.9. The Balaban J connectivity index is 1.24. The number of aryl methyl sites for hydroxylation is 2. The van der Waals surface area contributed by atoms with E-state index in [2.05, 4.69) is 20.1 Å². The van der Waals surface area contributed by atoms with Crippen LogP contribution < -0.4 is 10.5 Å². The molecule has 10 heteroatoms. The summed E-state index contributed by atoms with van der Waals surface area (Å²) in [6.07, 6.45) is 4.39. The largest absolute Gasteiger partial charge is 0.453 e. The summed E-state index contributed by atoms with van der Waals surface area (Å²) < 4.78 is 25.9. The molecule has 1 aliphatic rings. The summed E-state index contributed by atoms with van der Waals surface area (Å²) in [6.45, 7) is 4.74. The number of amides is 1. The van der Waals surface area contributed by atoms with Crippen LogP contribution in [0.15, 0.2) is 41.2 Å². The Kier molecular flexibility index (Phi) is 5.74. The Morgan fingerprint density at radius 1 is 1.35 bits per heavy atom. The number of aromatic amines is 1. The van der Waals surface area contributed by atoms with E-state index < -0.39 is 11.9 Å². The molecule has 9 nitrogen and oxygen atoms in total. The number of aromatic nitrogens is 4. The molecule has 1 aliphatic heterocycles. The quantitative estimate of drug-likeness (QED) is 0.448. The number of carbonyl (C=O) groups excluding carboxylic acids is 1. The van der Waals surface area contributed by atoms with Crippen LogP contribution >= 0.6 is 0 Å². The second kappa shape index (κ2) is 8.86. The number of pyridine rings is 1. The number of benzene rings is 1. The van der Waals surface area contributed by atoms with Crippen molar-refractivity contribution in [3.05, 3.63) is 65.3 Å². The lowest BCUT2D eigenvalue weighted by atomic mass is 10.0. The van der Waals surface area contributed by atoms with Crippen molar-refractivity contribution in [2.45, 2.75) is 38.6 Å². The first-order chi connectivity index (χ1) is 16.4. The van der Waals surface area contributed by atoms with Crippen LogP contribution in [0.4, 0.5) is 4.39 Å². The predicted octanol–water partition coefficient (Wildman–Crippen LogP) is 3.38. The third kappa shape index (κ3) is 4.24. The highest BCUT2D eigenvalue weighted by Crippen LogP contribution is 2.32. The maximum atomic E-state index is 14.8. The van der Waals surface area contributed by atoms with Gasteiger partial charge in [0.2, 0.25) is 11.8 Å². The van der Waals surface area contributed by atoms with Crippen molar-refractivity contribution in [1.29, 1.82) is 0 Å². The highest BCUT2D eigenvalue weighted by Gasteiger charge is 2.33. The molecule has 34 heavy (non-hydrogen) atoms. The lowest BCUT2D eigenvalue weighted by molar-refractivity contribution is -0.131. The molecule has 1 aromatic carbocycles. The number of halogens is 1. The molecule has 0 spiro atoms. The molecule has 0 saturated carbocycles. The van der Waals surface area contributed by atoms with Gasteiger partial charge in [-0.25, -0.2) is 9.37 Å². The van der Waals surface area contributed by atoms with Gasteiger partial charge in [-0.1, -0.05) is 11.2 Å². The number of nitrogens with two attached hydrogens (primary N) is 1. The van der Waals surface area contributed by atoms with Crippen LogP contribution in [-0.4, -0.2) is 50.0 Å². The van der Waals surface area contributed by atoms with Gasteiger partial charge in [0, 0.05) is 25.5 Å². The van der Waals surface area contributed by atoms with E-state index >= 15 is 0 Å². The van der Waals surface area contributed by atoms with Gasteiger partial charge in [-0.2, -0.15) is 4.98 Å². The second-order valence-corrected chi connectivity index (χ2v) is 8.63. The monoisotopic (exact) mass is 464 g/mol. The van der Waals surface area contributed by atoms with E-state index in [1.807, 2.05) is 13.1 Å². The first kappa shape index (κ1) is 22.0. The first-order valence-electron chi connectivity index (χ1n) is 11.1.